The van der Waals surface area contributed by atoms with Crippen LogP contribution in [-0.2, 0) is 19.4 Å². The third-order valence-electron chi connectivity index (χ3n) is 6.55. The van der Waals surface area contributed by atoms with Crippen molar-refractivity contribution in [1.29, 1.82) is 0 Å². The first kappa shape index (κ1) is 19.4. The Labute approximate surface area is 175 Å². The molecule has 1 aliphatic carbocycles. The molecular formula is C24H26F2N4. The van der Waals surface area contributed by atoms with Crippen molar-refractivity contribution >= 4 is 11.0 Å². The molecule has 0 saturated carbocycles. The standard InChI is InChI=1S/C24H26F2N4/c1-15-21-7-9-30(24(21)29-14-28-15)20-5-3-16(10-20)2-4-17-11-19(23(25)26)12-18-6-8-27-13-22(17)18/h7,9-12,14,20,23,27H,2-6,8,13H2,1H3. The molecule has 0 fully saturated rings. The molecule has 30 heavy (non-hydrogen) atoms. The predicted octanol–water partition coefficient (Wildman–Crippen LogP) is 5.22. The van der Waals surface area contributed by atoms with E-state index in [9.17, 15) is 8.78 Å². The molecule has 1 unspecified atom stereocenters. The summed E-state index contributed by atoms with van der Waals surface area (Å²) in [6.07, 6.45) is 8.33. The van der Waals surface area contributed by atoms with E-state index in [2.05, 4.69) is 38.2 Å². The summed E-state index contributed by atoms with van der Waals surface area (Å²) in [4.78, 5) is 8.77. The zero-order valence-corrected chi connectivity index (χ0v) is 17.2. The highest BCUT2D eigenvalue weighted by Gasteiger charge is 2.21. The average Bonchev–Trinajstić information content (AvgIpc) is 3.39. The SMILES string of the molecule is Cc1ncnc2c1ccn2C1C=C(CCc2cc(C(F)F)cc3c2CNCC3)CC1. The number of benzene rings is 1. The van der Waals surface area contributed by atoms with Crippen LogP contribution in [0.2, 0.25) is 0 Å². The van der Waals surface area contributed by atoms with Gasteiger partial charge in [-0.05, 0) is 80.5 Å². The van der Waals surface area contributed by atoms with Gasteiger partial charge in [0.1, 0.15) is 12.0 Å². The summed E-state index contributed by atoms with van der Waals surface area (Å²) >= 11 is 0. The lowest BCUT2D eigenvalue weighted by molar-refractivity contribution is 0.151. The fraction of sp³-hybridized carbons (Fsp3) is 0.417. The van der Waals surface area contributed by atoms with E-state index >= 15 is 0 Å². The summed E-state index contributed by atoms with van der Waals surface area (Å²) in [5, 5.41) is 4.49. The number of aromatic nitrogens is 3. The molecule has 1 aliphatic heterocycles. The van der Waals surface area contributed by atoms with Gasteiger partial charge in [0.05, 0.1) is 11.7 Å². The van der Waals surface area contributed by atoms with E-state index < -0.39 is 6.43 Å². The van der Waals surface area contributed by atoms with Gasteiger partial charge >= 0.3 is 0 Å². The number of fused-ring (bicyclic) bond motifs is 2. The second-order valence-electron chi connectivity index (χ2n) is 8.40. The van der Waals surface area contributed by atoms with Gasteiger partial charge in [-0.2, -0.15) is 0 Å². The lowest BCUT2D eigenvalue weighted by Gasteiger charge is -2.22. The second kappa shape index (κ2) is 7.91. The molecule has 1 atom stereocenters. The molecule has 0 amide bonds. The zero-order chi connectivity index (χ0) is 20.7. The van der Waals surface area contributed by atoms with E-state index in [4.69, 9.17) is 0 Å². The summed E-state index contributed by atoms with van der Waals surface area (Å²) in [6, 6.07) is 5.82. The minimum atomic E-state index is -2.41. The molecule has 1 N–H and O–H groups in total. The number of allylic oxidation sites excluding steroid dienone is 2. The topological polar surface area (TPSA) is 42.7 Å². The number of nitrogens with zero attached hydrogens (tertiary/aromatic N) is 3. The molecule has 1 aromatic carbocycles. The van der Waals surface area contributed by atoms with E-state index in [0.717, 1.165) is 73.0 Å². The summed E-state index contributed by atoms with van der Waals surface area (Å²) in [5.41, 5.74) is 6.95. The fourth-order valence-corrected chi connectivity index (χ4v) is 4.92. The minimum absolute atomic E-state index is 0.165. The maximum Gasteiger partial charge on any atom is 0.263 e. The van der Waals surface area contributed by atoms with E-state index in [1.54, 1.807) is 18.5 Å². The Kier molecular flexibility index (Phi) is 5.11. The van der Waals surface area contributed by atoms with E-state index in [-0.39, 0.29) is 5.56 Å². The maximum atomic E-state index is 13.4. The molecule has 3 aromatic rings. The second-order valence-corrected chi connectivity index (χ2v) is 8.40. The van der Waals surface area contributed by atoms with Gasteiger partial charge in [0.25, 0.3) is 6.43 Å². The van der Waals surface area contributed by atoms with Crippen molar-refractivity contribution < 1.29 is 8.78 Å². The largest absolute Gasteiger partial charge is 0.325 e. The molecule has 2 aromatic heterocycles. The zero-order valence-electron chi connectivity index (χ0n) is 17.2. The molecule has 0 saturated heterocycles. The molecule has 0 radical (unpaired) electrons. The Balaban J connectivity index is 1.36. The van der Waals surface area contributed by atoms with Crippen molar-refractivity contribution in [3.8, 4) is 0 Å². The Morgan fingerprint density at radius 1 is 1.20 bits per heavy atom. The third-order valence-corrected chi connectivity index (χ3v) is 6.55. The smallest absolute Gasteiger partial charge is 0.263 e. The highest BCUT2D eigenvalue weighted by molar-refractivity contribution is 5.78. The van der Waals surface area contributed by atoms with Gasteiger partial charge in [-0.15, -0.1) is 0 Å². The first-order chi connectivity index (χ1) is 14.6. The van der Waals surface area contributed by atoms with Crippen molar-refractivity contribution in [3.05, 3.63) is 70.3 Å². The van der Waals surface area contributed by atoms with Crippen molar-refractivity contribution in [3.63, 3.8) is 0 Å². The van der Waals surface area contributed by atoms with Gasteiger partial charge < -0.3 is 9.88 Å². The summed E-state index contributed by atoms with van der Waals surface area (Å²) < 4.78 is 29.0. The number of aryl methyl sites for hydroxylation is 2. The molecule has 0 bridgehead atoms. The van der Waals surface area contributed by atoms with Crippen LogP contribution in [0.1, 0.15) is 59.7 Å². The highest BCUT2D eigenvalue weighted by Crippen LogP contribution is 2.34. The summed E-state index contributed by atoms with van der Waals surface area (Å²) in [6.45, 7) is 3.65. The number of hydrogen-bond acceptors (Lipinski definition) is 3. The maximum absolute atomic E-state index is 13.4. The number of nitrogens with one attached hydrogen (secondary N) is 1. The molecule has 5 rings (SSSR count). The highest BCUT2D eigenvalue weighted by atomic mass is 19.3. The quantitative estimate of drug-likeness (QED) is 0.589. The first-order valence-corrected chi connectivity index (χ1v) is 10.7. The van der Waals surface area contributed by atoms with Crippen molar-refractivity contribution in [2.24, 2.45) is 0 Å². The lowest BCUT2D eigenvalue weighted by atomic mass is 9.90. The third kappa shape index (κ3) is 3.54. The lowest BCUT2D eigenvalue weighted by Crippen LogP contribution is -2.25. The molecule has 3 heterocycles. The molecule has 4 nitrogen and oxygen atoms in total. The number of halogens is 2. The Bertz CT molecular complexity index is 1120. The Morgan fingerprint density at radius 2 is 2.10 bits per heavy atom. The van der Waals surface area contributed by atoms with Gasteiger partial charge in [-0.3, -0.25) is 0 Å². The van der Waals surface area contributed by atoms with Crippen LogP contribution in [0.15, 0.2) is 42.4 Å². The minimum Gasteiger partial charge on any atom is -0.325 e. The van der Waals surface area contributed by atoms with E-state index in [1.807, 2.05) is 6.92 Å². The van der Waals surface area contributed by atoms with Crippen LogP contribution >= 0.6 is 0 Å². The van der Waals surface area contributed by atoms with E-state index in [1.165, 1.54) is 11.1 Å². The Hall–Kier alpha value is -2.60. The first-order valence-electron chi connectivity index (χ1n) is 10.7. The van der Waals surface area contributed by atoms with Crippen LogP contribution < -0.4 is 5.32 Å². The normalized spacial score (nSPS) is 18.8. The van der Waals surface area contributed by atoms with Crippen molar-refractivity contribution in [2.75, 3.05) is 6.54 Å². The molecule has 0 spiro atoms. The number of alkyl halides is 2. The van der Waals surface area contributed by atoms with Crippen LogP contribution in [-0.4, -0.2) is 21.1 Å². The number of hydrogen-bond donors (Lipinski definition) is 1. The van der Waals surface area contributed by atoms with Crippen LogP contribution in [0.5, 0.6) is 0 Å². The molecular weight excluding hydrogens is 382 g/mol. The van der Waals surface area contributed by atoms with Crippen LogP contribution in [0, 0.1) is 6.92 Å². The monoisotopic (exact) mass is 408 g/mol. The fourth-order valence-electron chi connectivity index (χ4n) is 4.92. The van der Waals surface area contributed by atoms with Crippen molar-refractivity contribution in [1.82, 2.24) is 19.9 Å². The van der Waals surface area contributed by atoms with Gasteiger partial charge in [0.2, 0.25) is 0 Å². The molecule has 156 valence electrons. The van der Waals surface area contributed by atoms with Gasteiger partial charge in [0.15, 0.2) is 0 Å². The van der Waals surface area contributed by atoms with Crippen LogP contribution in [0.4, 0.5) is 8.78 Å². The van der Waals surface area contributed by atoms with Crippen molar-refractivity contribution in [2.45, 2.75) is 58.0 Å². The van der Waals surface area contributed by atoms with Gasteiger partial charge in [-0.1, -0.05) is 11.6 Å². The summed E-state index contributed by atoms with van der Waals surface area (Å²) in [5.74, 6) is 0. The average molecular weight is 408 g/mol. The molecule has 6 heteroatoms. The van der Waals surface area contributed by atoms with Gasteiger partial charge in [0, 0.05) is 23.7 Å². The Morgan fingerprint density at radius 3 is 2.97 bits per heavy atom. The van der Waals surface area contributed by atoms with Crippen LogP contribution in [0.25, 0.3) is 11.0 Å². The summed E-state index contributed by atoms with van der Waals surface area (Å²) in [7, 11) is 0. The molecule has 2 aliphatic rings. The number of rotatable bonds is 5. The van der Waals surface area contributed by atoms with Crippen LogP contribution in [0.3, 0.4) is 0 Å². The van der Waals surface area contributed by atoms with E-state index in [0.29, 0.717) is 6.04 Å². The van der Waals surface area contributed by atoms with Gasteiger partial charge in [-0.25, -0.2) is 18.7 Å². The predicted molar refractivity (Wildman–Crippen MR) is 114 cm³/mol.